The van der Waals surface area contributed by atoms with E-state index in [0.29, 0.717) is 5.92 Å². The fourth-order valence-corrected chi connectivity index (χ4v) is 3.11. The second kappa shape index (κ2) is 5.76. The van der Waals surface area contributed by atoms with Crippen LogP contribution < -0.4 is 5.32 Å². The van der Waals surface area contributed by atoms with Crippen molar-refractivity contribution in [2.75, 3.05) is 11.9 Å². The van der Waals surface area contributed by atoms with Crippen LogP contribution in [0.25, 0.3) is 11.4 Å². The average Bonchev–Trinajstić information content (AvgIpc) is 3.28. The Balaban J connectivity index is 2.15. The molecule has 1 saturated carbocycles. The van der Waals surface area contributed by atoms with Gasteiger partial charge in [0.1, 0.15) is 5.82 Å². The predicted octanol–water partition coefficient (Wildman–Crippen LogP) is 4.83. The summed E-state index contributed by atoms with van der Waals surface area (Å²) in [7, 11) is 0. The van der Waals surface area contributed by atoms with Crippen molar-refractivity contribution in [2.45, 2.75) is 39.5 Å². The van der Waals surface area contributed by atoms with Crippen LogP contribution >= 0.6 is 15.9 Å². The summed E-state index contributed by atoms with van der Waals surface area (Å²) in [6.45, 7) is 7.16. The van der Waals surface area contributed by atoms with E-state index in [1.165, 1.54) is 24.0 Å². The topological polar surface area (TPSA) is 37.8 Å². The molecule has 0 unspecified atom stereocenters. The molecule has 3 rings (SSSR count). The van der Waals surface area contributed by atoms with Gasteiger partial charge in [0.2, 0.25) is 0 Å². The van der Waals surface area contributed by atoms with Gasteiger partial charge < -0.3 is 5.32 Å². The Bertz CT molecular complexity index is 678. The Morgan fingerprint density at radius 2 is 2.00 bits per heavy atom. The molecule has 1 aromatic heterocycles. The Kier molecular flexibility index (Phi) is 3.98. The lowest BCUT2D eigenvalue weighted by Gasteiger charge is -2.13. The number of anilines is 1. The van der Waals surface area contributed by atoms with E-state index in [2.05, 4.69) is 60.2 Å². The first kappa shape index (κ1) is 14.5. The van der Waals surface area contributed by atoms with E-state index >= 15 is 0 Å². The number of nitrogens with one attached hydrogen (secondary N) is 1. The van der Waals surface area contributed by atoms with Gasteiger partial charge in [-0.1, -0.05) is 17.7 Å². The highest BCUT2D eigenvalue weighted by Crippen LogP contribution is 2.44. The molecule has 2 aromatic rings. The number of rotatable bonds is 4. The summed E-state index contributed by atoms with van der Waals surface area (Å²) in [6, 6.07) is 6.44. The van der Waals surface area contributed by atoms with Gasteiger partial charge in [-0.25, -0.2) is 9.97 Å². The molecule has 1 aliphatic carbocycles. The van der Waals surface area contributed by atoms with E-state index in [9.17, 15) is 0 Å². The van der Waals surface area contributed by atoms with Crippen LogP contribution in [0.2, 0.25) is 0 Å². The molecule has 4 heteroatoms. The SMILES string of the molecule is CCNc1nc(-c2cc(C)ccc2C)nc(C2CC2)c1Br. The van der Waals surface area contributed by atoms with Crippen molar-refractivity contribution in [3.8, 4) is 11.4 Å². The minimum Gasteiger partial charge on any atom is -0.369 e. The standard InChI is InChI=1S/C17H20BrN3/c1-4-19-17-14(18)15(12-7-8-12)20-16(21-17)13-9-10(2)5-6-11(13)3/h5-6,9,12H,4,7-8H2,1-3H3,(H,19,20,21). The Hall–Kier alpha value is -1.42. The molecule has 1 aromatic carbocycles. The van der Waals surface area contributed by atoms with Crippen molar-refractivity contribution in [2.24, 2.45) is 0 Å². The molecule has 0 atom stereocenters. The molecular weight excluding hydrogens is 326 g/mol. The summed E-state index contributed by atoms with van der Waals surface area (Å²) in [4.78, 5) is 9.59. The van der Waals surface area contributed by atoms with Crippen molar-refractivity contribution >= 4 is 21.7 Å². The molecule has 0 radical (unpaired) electrons. The van der Waals surface area contributed by atoms with Gasteiger partial charge in [0.25, 0.3) is 0 Å². The first-order valence-electron chi connectivity index (χ1n) is 7.49. The fraction of sp³-hybridized carbons (Fsp3) is 0.412. The number of halogens is 1. The Morgan fingerprint density at radius 1 is 1.24 bits per heavy atom. The summed E-state index contributed by atoms with van der Waals surface area (Å²) in [6.07, 6.45) is 2.46. The Labute approximate surface area is 134 Å². The van der Waals surface area contributed by atoms with Crippen LogP contribution in [0.5, 0.6) is 0 Å². The summed E-state index contributed by atoms with van der Waals surface area (Å²) in [5.74, 6) is 2.33. The van der Waals surface area contributed by atoms with E-state index in [0.717, 1.165) is 33.9 Å². The van der Waals surface area contributed by atoms with Crippen LogP contribution in [0.1, 0.15) is 42.5 Å². The smallest absolute Gasteiger partial charge is 0.162 e. The molecule has 3 nitrogen and oxygen atoms in total. The largest absolute Gasteiger partial charge is 0.369 e. The van der Waals surface area contributed by atoms with Crippen molar-refractivity contribution < 1.29 is 0 Å². The molecule has 110 valence electrons. The predicted molar refractivity (Wildman–Crippen MR) is 90.8 cm³/mol. The van der Waals surface area contributed by atoms with Gasteiger partial charge in [-0.15, -0.1) is 0 Å². The van der Waals surface area contributed by atoms with Crippen LogP contribution in [0, 0.1) is 13.8 Å². The lowest BCUT2D eigenvalue weighted by molar-refractivity contribution is 0.972. The molecular formula is C17H20BrN3. The third kappa shape index (κ3) is 2.95. The van der Waals surface area contributed by atoms with E-state index in [1.54, 1.807) is 0 Å². The second-order valence-corrected chi connectivity index (χ2v) is 6.51. The summed E-state index contributed by atoms with van der Waals surface area (Å²) >= 11 is 3.68. The molecule has 0 bridgehead atoms. The van der Waals surface area contributed by atoms with E-state index in [1.807, 2.05) is 0 Å². The van der Waals surface area contributed by atoms with Crippen LogP contribution in [0.4, 0.5) is 5.82 Å². The number of hydrogen-bond donors (Lipinski definition) is 1. The molecule has 0 spiro atoms. The molecule has 0 aliphatic heterocycles. The molecule has 21 heavy (non-hydrogen) atoms. The van der Waals surface area contributed by atoms with Crippen molar-refractivity contribution in [1.29, 1.82) is 0 Å². The first-order valence-corrected chi connectivity index (χ1v) is 8.28. The van der Waals surface area contributed by atoms with Gasteiger partial charge in [0.15, 0.2) is 5.82 Å². The van der Waals surface area contributed by atoms with E-state index in [4.69, 9.17) is 9.97 Å². The van der Waals surface area contributed by atoms with Crippen molar-refractivity contribution in [3.05, 3.63) is 39.5 Å². The molecule has 1 fully saturated rings. The maximum Gasteiger partial charge on any atom is 0.162 e. The average molecular weight is 346 g/mol. The third-order valence-corrected chi connectivity index (χ3v) is 4.60. The highest BCUT2D eigenvalue weighted by molar-refractivity contribution is 9.10. The van der Waals surface area contributed by atoms with Crippen LogP contribution in [-0.2, 0) is 0 Å². The zero-order valence-corrected chi connectivity index (χ0v) is 14.3. The zero-order chi connectivity index (χ0) is 15.0. The minimum absolute atomic E-state index is 0.587. The number of nitrogens with zero attached hydrogens (tertiary/aromatic N) is 2. The number of benzene rings is 1. The van der Waals surface area contributed by atoms with Gasteiger partial charge >= 0.3 is 0 Å². The number of aromatic nitrogens is 2. The molecule has 0 amide bonds. The quantitative estimate of drug-likeness (QED) is 0.861. The van der Waals surface area contributed by atoms with Crippen LogP contribution in [-0.4, -0.2) is 16.5 Å². The molecule has 1 heterocycles. The summed E-state index contributed by atoms with van der Waals surface area (Å²) in [5.41, 5.74) is 4.73. The van der Waals surface area contributed by atoms with Gasteiger partial charge in [0, 0.05) is 18.0 Å². The monoisotopic (exact) mass is 345 g/mol. The van der Waals surface area contributed by atoms with E-state index in [-0.39, 0.29) is 0 Å². The maximum atomic E-state index is 4.85. The van der Waals surface area contributed by atoms with Crippen molar-refractivity contribution in [1.82, 2.24) is 9.97 Å². The molecule has 1 N–H and O–H groups in total. The first-order chi connectivity index (χ1) is 10.1. The highest BCUT2D eigenvalue weighted by Gasteiger charge is 2.29. The fourth-order valence-electron chi connectivity index (χ4n) is 2.47. The van der Waals surface area contributed by atoms with Gasteiger partial charge in [-0.05, 0) is 61.2 Å². The minimum atomic E-state index is 0.587. The normalized spacial score (nSPS) is 14.3. The third-order valence-electron chi connectivity index (χ3n) is 3.82. The van der Waals surface area contributed by atoms with Crippen LogP contribution in [0.3, 0.4) is 0 Å². The zero-order valence-electron chi connectivity index (χ0n) is 12.7. The number of aryl methyl sites for hydroxylation is 2. The summed E-state index contributed by atoms with van der Waals surface area (Å²) in [5, 5.41) is 3.35. The van der Waals surface area contributed by atoms with Crippen molar-refractivity contribution in [3.63, 3.8) is 0 Å². The summed E-state index contributed by atoms with van der Waals surface area (Å²) < 4.78 is 1.03. The van der Waals surface area contributed by atoms with Gasteiger partial charge in [0.05, 0.1) is 10.2 Å². The highest BCUT2D eigenvalue weighted by atomic mass is 79.9. The lowest BCUT2D eigenvalue weighted by Crippen LogP contribution is -2.06. The van der Waals surface area contributed by atoms with Gasteiger partial charge in [-0.2, -0.15) is 0 Å². The van der Waals surface area contributed by atoms with Crippen LogP contribution in [0.15, 0.2) is 22.7 Å². The van der Waals surface area contributed by atoms with E-state index < -0.39 is 0 Å². The number of hydrogen-bond acceptors (Lipinski definition) is 3. The lowest BCUT2D eigenvalue weighted by atomic mass is 10.0. The molecule has 0 saturated heterocycles. The van der Waals surface area contributed by atoms with Gasteiger partial charge in [-0.3, -0.25) is 0 Å². The Morgan fingerprint density at radius 3 is 2.67 bits per heavy atom. The maximum absolute atomic E-state index is 4.85. The second-order valence-electron chi connectivity index (χ2n) is 5.72. The molecule has 1 aliphatic rings.